The number of hydrogen-bond donors (Lipinski definition) is 0. The first-order valence-corrected chi connectivity index (χ1v) is 11.5. The second kappa shape index (κ2) is 15.4. The van der Waals surface area contributed by atoms with Crippen molar-refractivity contribution >= 4 is 0 Å². The maximum absolute atomic E-state index is 2.36. The Kier molecular flexibility index (Phi) is 13.4. The standard InChI is InChI=1S/C8H10.C7H14.C7H8.C6H12/c1-7-3-5-8(2)6-4-7;2*1-7-5-3-2-4-6-7;1-6-4-2-3-5-6/h3-6H,1-2H3;7H,2-6H2,1H3;2-6H,1H3;6H,2-5H2,1H3. The molecule has 0 amide bonds. The largest absolute Gasteiger partial charge is 0.0625 e. The minimum atomic E-state index is 1.04. The number of aryl methyl sites for hydroxylation is 3. The van der Waals surface area contributed by atoms with Gasteiger partial charge in [-0.15, -0.1) is 0 Å². The molecule has 0 N–H and O–H groups in total. The molecule has 2 aliphatic rings. The lowest BCUT2D eigenvalue weighted by Gasteiger charge is -2.15. The van der Waals surface area contributed by atoms with Crippen molar-refractivity contribution in [1.29, 1.82) is 0 Å². The fraction of sp³-hybridized carbons (Fsp3) is 0.571. The van der Waals surface area contributed by atoms with E-state index in [1.54, 1.807) is 0 Å². The molecule has 28 heavy (non-hydrogen) atoms. The van der Waals surface area contributed by atoms with E-state index >= 15 is 0 Å². The van der Waals surface area contributed by atoms with Gasteiger partial charge in [0.2, 0.25) is 0 Å². The van der Waals surface area contributed by atoms with Crippen LogP contribution in [0.5, 0.6) is 0 Å². The van der Waals surface area contributed by atoms with Crippen molar-refractivity contribution < 1.29 is 0 Å². The molecule has 4 rings (SSSR count). The van der Waals surface area contributed by atoms with E-state index in [1.165, 1.54) is 74.5 Å². The molecule has 2 aromatic carbocycles. The van der Waals surface area contributed by atoms with Crippen LogP contribution in [0, 0.1) is 32.6 Å². The molecule has 2 aromatic rings. The zero-order valence-electron chi connectivity index (χ0n) is 19.2. The zero-order valence-corrected chi connectivity index (χ0v) is 19.2. The summed E-state index contributed by atoms with van der Waals surface area (Å²) in [6, 6.07) is 18.7. The molecular formula is C28H44. The first kappa shape index (κ1) is 24.5. The van der Waals surface area contributed by atoms with Gasteiger partial charge in [-0.25, -0.2) is 0 Å². The zero-order chi connectivity index (χ0) is 20.6. The van der Waals surface area contributed by atoms with Crippen molar-refractivity contribution in [3.05, 3.63) is 71.3 Å². The smallest absolute Gasteiger partial charge is 0.0398 e. The van der Waals surface area contributed by atoms with Gasteiger partial charge in [0.15, 0.2) is 0 Å². The van der Waals surface area contributed by atoms with Crippen molar-refractivity contribution in [2.45, 2.75) is 92.4 Å². The molecule has 0 saturated heterocycles. The quantitative estimate of drug-likeness (QED) is 0.427. The molecule has 0 bridgehead atoms. The lowest BCUT2D eigenvalue weighted by molar-refractivity contribution is 0.385. The molecule has 2 saturated carbocycles. The predicted molar refractivity (Wildman–Crippen MR) is 127 cm³/mol. The van der Waals surface area contributed by atoms with E-state index in [4.69, 9.17) is 0 Å². The van der Waals surface area contributed by atoms with E-state index in [-0.39, 0.29) is 0 Å². The normalized spacial score (nSPS) is 16.6. The Bertz CT molecular complexity index is 548. The van der Waals surface area contributed by atoms with Gasteiger partial charge in [-0.3, -0.25) is 0 Å². The number of hydrogen-bond acceptors (Lipinski definition) is 0. The third-order valence-corrected chi connectivity index (χ3v) is 5.70. The first-order valence-electron chi connectivity index (χ1n) is 11.5. The third kappa shape index (κ3) is 13.6. The van der Waals surface area contributed by atoms with Crippen LogP contribution in [0.4, 0.5) is 0 Å². The molecule has 0 nitrogen and oxygen atoms in total. The van der Waals surface area contributed by atoms with Gasteiger partial charge in [-0.05, 0) is 32.6 Å². The van der Waals surface area contributed by atoms with Crippen molar-refractivity contribution in [1.82, 2.24) is 0 Å². The summed E-state index contributed by atoms with van der Waals surface area (Å²) in [7, 11) is 0. The van der Waals surface area contributed by atoms with Gasteiger partial charge in [0.25, 0.3) is 0 Å². The maximum Gasteiger partial charge on any atom is -0.0398 e. The van der Waals surface area contributed by atoms with E-state index in [1.807, 2.05) is 18.2 Å². The lowest BCUT2D eigenvalue weighted by Crippen LogP contribution is -1.99. The summed E-state index contributed by atoms with van der Waals surface area (Å²) >= 11 is 0. The second-order valence-corrected chi connectivity index (χ2v) is 8.94. The summed E-state index contributed by atoms with van der Waals surface area (Å²) in [4.78, 5) is 0. The molecule has 156 valence electrons. The Morgan fingerprint density at radius 1 is 0.464 bits per heavy atom. The van der Waals surface area contributed by atoms with Crippen LogP contribution in [0.2, 0.25) is 0 Å². The highest BCUT2D eigenvalue weighted by molar-refractivity contribution is 5.19. The maximum atomic E-state index is 2.36. The Hall–Kier alpha value is -1.56. The number of rotatable bonds is 0. The molecule has 0 unspecified atom stereocenters. The van der Waals surface area contributed by atoms with Crippen LogP contribution >= 0.6 is 0 Å². The van der Waals surface area contributed by atoms with Gasteiger partial charge in [-0.1, -0.05) is 143 Å². The summed E-state index contributed by atoms with van der Waals surface area (Å²) in [5, 5.41) is 0. The van der Waals surface area contributed by atoms with Crippen LogP contribution in [0.3, 0.4) is 0 Å². The molecule has 2 fully saturated rings. The SMILES string of the molecule is CC1CCCC1.CC1CCCCC1.Cc1ccc(C)cc1.Cc1ccccc1. The van der Waals surface area contributed by atoms with Crippen LogP contribution in [0.25, 0.3) is 0 Å². The van der Waals surface area contributed by atoms with Crippen LogP contribution in [-0.2, 0) is 0 Å². The summed E-state index contributed by atoms with van der Waals surface area (Å²) < 4.78 is 0. The van der Waals surface area contributed by atoms with Crippen molar-refractivity contribution in [2.75, 3.05) is 0 Å². The minimum absolute atomic E-state index is 1.04. The molecule has 0 heterocycles. The molecule has 0 aliphatic heterocycles. The van der Waals surface area contributed by atoms with Crippen LogP contribution in [0.1, 0.15) is 88.3 Å². The molecule has 0 heteroatoms. The van der Waals surface area contributed by atoms with E-state index in [9.17, 15) is 0 Å². The highest BCUT2D eigenvalue weighted by Gasteiger charge is 2.07. The van der Waals surface area contributed by atoms with Gasteiger partial charge < -0.3 is 0 Å². The average Bonchev–Trinajstić information content (AvgIpc) is 3.18. The summed E-state index contributed by atoms with van der Waals surface area (Å²) in [6.45, 7) is 11.0. The van der Waals surface area contributed by atoms with Gasteiger partial charge >= 0.3 is 0 Å². The first-order chi connectivity index (χ1) is 13.5. The average molecular weight is 381 g/mol. The van der Waals surface area contributed by atoms with Gasteiger partial charge in [0.1, 0.15) is 0 Å². The summed E-state index contributed by atoms with van der Waals surface area (Å²) in [6.07, 6.45) is 13.4. The Balaban J connectivity index is 0.000000188. The monoisotopic (exact) mass is 380 g/mol. The van der Waals surface area contributed by atoms with Crippen LogP contribution < -0.4 is 0 Å². The molecular weight excluding hydrogens is 336 g/mol. The van der Waals surface area contributed by atoms with Gasteiger partial charge in [-0.2, -0.15) is 0 Å². The Labute approximate surface area is 175 Å². The van der Waals surface area contributed by atoms with Crippen LogP contribution in [-0.4, -0.2) is 0 Å². The highest BCUT2D eigenvalue weighted by Crippen LogP contribution is 2.23. The molecule has 0 spiro atoms. The van der Waals surface area contributed by atoms with Crippen LogP contribution in [0.15, 0.2) is 54.6 Å². The van der Waals surface area contributed by atoms with Crippen molar-refractivity contribution in [3.63, 3.8) is 0 Å². The van der Waals surface area contributed by atoms with Crippen molar-refractivity contribution in [2.24, 2.45) is 11.8 Å². The summed E-state index contributed by atoms with van der Waals surface area (Å²) in [5.41, 5.74) is 3.98. The van der Waals surface area contributed by atoms with E-state index in [2.05, 4.69) is 71.0 Å². The minimum Gasteiger partial charge on any atom is -0.0625 e. The fourth-order valence-corrected chi connectivity index (χ4v) is 3.61. The van der Waals surface area contributed by atoms with E-state index in [0.717, 1.165) is 11.8 Å². The summed E-state index contributed by atoms with van der Waals surface area (Å²) in [5.74, 6) is 2.08. The molecule has 0 atom stereocenters. The molecule has 2 aliphatic carbocycles. The highest BCUT2D eigenvalue weighted by atomic mass is 14.1. The molecule has 0 aromatic heterocycles. The lowest BCUT2D eigenvalue weighted by atomic mass is 9.91. The van der Waals surface area contributed by atoms with Crippen molar-refractivity contribution in [3.8, 4) is 0 Å². The Morgan fingerprint density at radius 2 is 0.786 bits per heavy atom. The van der Waals surface area contributed by atoms with Gasteiger partial charge in [0, 0.05) is 0 Å². The topological polar surface area (TPSA) is 0 Å². The predicted octanol–water partition coefficient (Wildman–Crippen LogP) is 9.08. The second-order valence-electron chi connectivity index (χ2n) is 8.94. The van der Waals surface area contributed by atoms with Gasteiger partial charge in [0.05, 0.1) is 0 Å². The fourth-order valence-electron chi connectivity index (χ4n) is 3.61. The van der Waals surface area contributed by atoms with E-state index in [0.29, 0.717) is 0 Å². The molecule has 0 radical (unpaired) electrons. The van der Waals surface area contributed by atoms with E-state index < -0.39 is 0 Å². The number of benzene rings is 2. The third-order valence-electron chi connectivity index (χ3n) is 5.70. The Morgan fingerprint density at radius 3 is 1.00 bits per heavy atom.